The van der Waals surface area contributed by atoms with E-state index >= 15 is 0 Å². The van der Waals surface area contributed by atoms with Gasteiger partial charge in [-0.05, 0) is 17.7 Å². The van der Waals surface area contributed by atoms with Crippen LogP contribution in [0.5, 0.6) is 0 Å². The third-order valence-electron chi connectivity index (χ3n) is 2.40. The van der Waals surface area contributed by atoms with Gasteiger partial charge in [-0.15, -0.1) is 0 Å². The number of hydrogen-bond acceptors (Lipinski definition) is 2. The molecule has 2 N–H and O–H groups in total. The van der Waals surface area contributed by atoms with Gasteiger partial charge in [0, 0.05) is 11.3 Å². The Morgan fingerprint density at radius 1 is 1.25 bits per heavy atom. The Morgan fingerprint density at radius 3 is 2.50 bits per heavy atom. The van der Waals surface area contributed by atoms with Crippen LogP contribution in [-0.2, 0) is 5.75 Å². The molecule has 1 rings (SSSR count). The van der Waals surface area contributed by atoms with Gasteiger partial charge in [-0.3, -0.25) is 0 Å². The van der Waals surface area contributed by atoms with Gasteiger partial charge >= 0.3 is 0 Å². The average Bonchev–Trinajstić information content (AvgIpc) is 2.29. The molecule has 0 unspecified atom stereocenters. The summed E-state index contributed by atoms with van der Waals surface area (Å²) >= 11 is 6.91. The first-order valence-corrected chi connectivity index (χ1v) is 7.27. The monoisotopic (exact) mass is 253 g/mol. The van der Waals surface area contributed by atoms with Crippen molar-refractivity contribution in [2.45, 2.75) is 31.9 Å². The lowest BCUT2D eigenvalue weighted by atomic mass is 10.1. The molecule has 0 bridgehead atoms. The van der Waals surface area contributed by atoms with E-state index in [9.17, 15) is 0 Å². The van der Waals surface area contributed by atoms with Crippen molar-refractivity contribution in [1.82, 2.24) is 0 Å². The molecule has 0 fully saturated rings. The molecule has 16 heavy (non-hydrogen) atoms. The lowest BCUT2D eigenvalue weighted by molar-refractivity contribution is 0.778. The smallest absolute Gasteiger partial charge is 0.103 e. The highest BCUT2D eigenvalue weighted by molar-refractivity contribution is 7.98. The minimum atomic E-state index is 0.474. The lowest BCUT2D eigenvalue weighted by Crippen LogP contribution is -2.08. The predicted octanol–water partition coefficient (Wildman–Crippen LogP) is 3.74. The highest BCUT2D eigenvalue weighted by Gasteiger charge is 1.97. The van der Waals surface area contributed by atoms with Gasteiger partial charge in [0.05, 0.1) is 0 Å². The fourth-order valence-electron chi connectivity index (χ4n) is 1.41. The number of nitrogens with two attached hydrogens (primary N) is 1. The molecule has 0 saturated carbocycles. The summed E-state index contributed by atoms with van der Waals surface area (Å²) in [6, 6.07) is 8.23. The highest BCUT2D eigenvalue weighted by Crippen LogP contribution is 2.15. The Kier molecular flexibility index (Phi) is 6.50. The zero-order valence-electron chi connectivity index (χ0n) is 9.74. The summed E-state index contributed by atoms with van der Waals surface area (Å²) in [7, 11) is 0. The van der Waals surface area contributed by atoms with E-state index < -0.39 is 0 Å². The highest BCUT2D eigenvalue weighted by atomic mass is 32.2. The van der Waals surface area contributed by atoms with Crippen LogP contribution in [0.1, 0.15) is 37.3 Å². The van der Waals surface area contributed by atoms with Crippen LogP contribution in [0.4, 0.5) is 0 Å². The summed E-state index contributed by atoms with van der Waals surface area (Å²) in [5.74, 6) is 2.34. The summed E-state index contributed by atoms with van der Waals surface area (Å²) < 4.78 is 0. The van der Waals surface area contributed by atoms with E-state index in [1.807, 2.05) is 23.9 Å². The number of benzene rings is 1. The predicted molar refractivity (Wildman–Crippen MR) is 78.0 cm³/mol. The summed E-state index contributed by atoms with van der Waals surface area (Å²) in [5, 5.41) is 0. The van der Waals surface area contributed by atoms with Crippen LogP contribution in [0.25, 0.3) is 0 Å². The quantitative estimate of drug-likeness (QED) is 0.592. The molecule has 1 aromatic carbocycles. The molecule has 88 valence electrons. The largest absolute Gasteiger partial charge is 0.389 e. The number of hydrogen-bond donors (Lipinski definition) is 1. The fourth-order valence-corrected chi connectivity index (χ4v) is 2.53. The van der Waals surface area contributed by atoms with Crippen molar-refractivity contribution in [3.8, 4) is 0 Å². The summed E-state index contributed by atoms with van der Waals surface area (Å²) in [6.45, 7) is 2.24. The standard InChI is InChI=1S/C13H19NS2/c1-2-3-4-9-16-10-11-5-7-12(8-6-11)13(14)15/h5-8H,2-4,9-10H2,1H3,(H2,14,15). The summed E-state index contributed by atoms with van der Waals surface area (Å²) in [4.78, 5) is 0.474. The van der Waals surface area contributed by atoms with E-state index in [2.05, 4.69) is 19.1 Å². The van der Waals surface area contributed by atoms with E-state index in [0.29, 0.717) is 4.99 Å². The number of thiocarbonyl (C=S) groups is 1. The lowest BCUT2D eigenvalue weighted by Gasteiger charge is -2.03. The van der Waals surface area contributed by atoms with E-state index in [1.54, 1.807) is 0 Å². The molecule has 3 heteroatoms. The van der Waals surface area contributed by atoms with E-state index in [1.165, 1.54) is 30.6 Å². The third kappa shape index (κ3) is 4.99. The van der Waals surface area contributed by atoms with E-state index in [0.717, 1.165) is 11.3 Å². The molecule has 0 spiro atoms. The number of rotatable bonds is 7. The maximum absolute atomic E-state index is 5.55. The van der Waals surface area contributed by atoms with Gasteiger partial charge in [0.2, 0.25) is 0 Å². The summed E-state index contributed by atoms with van der Waals surface area (Å²) in [6.07, 6.45) is 3.96. The molecule has 1 nitrogen and oxygen atoms in total. The van der Waals surface area contributed by atoms with Crippen LogP contribution < -0.4 is 5.73 Å². The Balaban J connectivity index is 2.29. The molecule has 0 radical (unpaired) electrons. The van der Waals surface area contributed by atoms with Crippen LogP contribution in [0, 0.1) is 0 Å². The van der Waals surface area contributed by atoms with Crippen molar-refractivity contribution in [3.63, 3.8) is 0 Å². The molecule has 0 saturated heterocycles. The molecule has 0 aliphatic carbocycles. The van der Waals surface area contributed by atoms with Gasteiger partial charge in [0.25, 0.3) is 0 Å². The first-order chi connectivity index (χ1) is 7.74. The zero-order valence-corrected chi connectivity index (χ0v) is 11.4. The Bertz CT molecular complexity index is 319. The maximum Gasteiger partial charge on any atom is 0.103 e. The van der Waals surface area contributed by atoms with Crippen LogP contribution in [-0.4, -0.2) is 10.7 Å². The average molecular weight is 253 g/mol. The molecule has 0 aliphatic rings. The number of unbranched alkanes of at least 4 members (excludes halogenated alkanes) is 2. The normalized spacial score (nSPS) is 10.3. The van der Waals surface area contributed by atoms with Gasteiger partial charge in [-0.2, -0.15) is 11.8 Å². The van der Waals surface area contributed by atoms with Crippen LogP contribution in [0.15, 0.2) is 24.3 Å². The SMILES string of the molecule is CCCCCSCc1ccc(C(N)=S)cc1. The second-order valence-electron chi connectivity index (χ2n) is 3.82. The van der Waals surface area contributed by atoms with Crippen molar-refractivity contribution in [3.05, 3.63) is 35.4 Å². The van der Waals surface area contributed by atoms with Crippen molar-refractivity contribution in [1.29, 1.82) is 0 Å². The molecule has 0 heterocycles. The molecule has 0 aromatic heterocycles. The number of thioether (sulfide) groups is 1. The second kappa shape index (κ2) is 7.69. The van der Waals surface area contributed by atoms with Gasteiger partial charge in [-0.25, -0.2) is 0 Å². The van der Waals surface area contributed by atoms with Gasteiger partial charge < -0.3 is 5.73 Å². The molecule has 0 amide bonds. The van der Waals surface area contributed by atoms with Crippen molar-refractivity contribution < 1.29 is 0 Å². The van der Waals surface area contributed by atoms with Crippen molar-refractivity contribution >= 4 is 29.0 Å². The van der Waals surface area contributed by atoms with Gasteiger partial charge in [0.15, 0.2) is 0 Å². The fraction of sp³-hybridized carbons (Fsp3) is 0.462. The van der Waals surface area contributed by atoms with E-state index in [4.69, 9.17) is 18.0 Å². The Hall–Kier alpha value is -0.540. The maximum atomic E-state index is 5.55. The van der Waals surface area contributed by atoms with Crippen molar-refractivity contribution in [2.75, 3.05) is 5.75 Å². The van der Waals surface area contributed by atoms with Gasteiger partial charge in [0.1, 0.15) is 4.99 Å². The van der Waals surface area contributed by atoms with E-state index in [-0.39, 0.29) is 0 Å². The molecule has 0 aliphatic heterocycles. The topological polar surface area (TPSA) is 26.0 Å². The van der Waals surface area contributed by atoms with Crippen molar-refractivity contribution in [2.24, 2.45) is 5.73 Å². The van der Waals surface area contributed by atoms with Crippen LogP contribution in [0.3, 0.4) is 0 Å². The molecule has 0 atom stereocenters. The van der Waals surface area contributed by atoms with Crippen LogP contribution >= 0.6 is 24.0 Å². The minimum Gasteiger partial charge on any atom is -0.389 e. The first-order valence-electron chi connectivity index (χ1n) is 5.70. The zero-order chi connectivity index (χ0) is 11.8. The van der Waals surface area contributed by atoms with Gasteiger partial charge in [-0.1, -0.05) is 56.2 Å². The molecular weight excluding hydrogens is 234 g/mol. The van der Waals surface area contributed by atoms with Crippen LogP contribution in [0.2, 0.25) is 0 Å². The second-order valence-corrected chi connectivity index (χ2v) is 5.37. The Labute approximate surface area is 108 Å². The first kappa shape index (κ1) is 13.5. The molecular formula is C13H19NS2. The Morgan fingerprint density at radius 2 is 1.94 bits per heavy atom. The molecule has 1 aromatic rings. The minimum absolute atomic E-state index is 0.474. The summed E-state index contributed by atoms with van der Waals surface area (Å²) in [5.41, 5.74) is 7.85. The third-order valence-corrected chi connectivity index (χ3v) is 3.75.